The lowest BCUT2D eigenvalue weighted by molar-refractivity contribution is -0.137. The van der Waals surface area contributed by atoms with E-state index in [1.807, 2.05) is 0 Å². The molecule has 2 unspecified atom stereocenters. The third kappa shape index (κ3) is 15.6. The smallest absolute Gasteiger partial charge is 0.356 e. The van der Waals surface area contributed by atoms with Gasteiger partial charge in [0, 0.05) is 24.2 Å². The first-order chi connectivity index (χ1) is 22.1. The van der Waals surface area contributed by atoms with Gasteiger partial charge in [0.1, 0.15) is 0 Å². The number of carboxylic acids is 2. The predicted molar refractivity (Wildman–Crippen MR) is 173 cm³/mol. The topological polar surface area (TPSA) is 288 Å². The Hall–Kier alpha value is -3.46. The molecule has 2 atom stereocenters. The van der Waals surface area contributed by atoms with E-state index in [4.69, 9.17) is 29.8 Å². The number of carboxylic acid groups (broad SMARTS) is 2. The molecule has 16 nitrogen and oxygen atoms in total. The van der Waals surface area contributed by atoms with Crippen LogP contribution in [0, 0.1) is 0 Å². The zero-order valence-corrected chi connectivity index (χ0v) is 28.4. The van der Waals surface area contributed by atoms with Gasteiger partial charge in [0.2, 0.25) is 0 Å². The van der Waals surface area contributed by atoms with Crippen molar-refractivity contribution in [2.45, 2.75) is 75.9 Å². The van der Waals surface area contributed by atoms with E-state index in [0.29, 0.717) is 48.1 Å². The Labute approximate surface area is 277 Å². The first-order valence-electron chi connectivity index (χ1n) is 14.8. The minimum Gasteiger partial charge on any atom is -0.481 e. The highest BCUT2D eigenvalue weighted by Gasteiger charge is 2.40. The van der Waals surface area contributed by atoms with Gasteiger partial charge in [-0.2, -0.15) is 0 Å². The fraction of sp³-hybridized carbons (Fsp3) is 0.467. The minimum atomic E-state index is -4.61. The van der Waals surface area contributed by atoms with E-state index in [9.17, 15) is 38.5 Å². The van der Waals surface area contributed by atoms with Gasteiger partial charge in [0.25, 0.3) is 11.8 Å². The standard InChI is InChI=1S/C16H24NO7P.C14H20NO7P/c1-16(21,25(22,23)24)9-3-2-4-10-17-15(20)13-7-5-12(6-8-13)11-14(18)19;1-14(19,23(20,21)22)7-2-8-15-13(18)11-5-3-10(4-6-11)9-12(16)17/h5-8,21H,2-4,9-11H2,1H3,(H,17,20)(H,18,19)(H2,22,23,24);3-6,19H,2,7-9H2,1H3,(H,15,18)(H,16,17)(H2,20,21,22). The summed E-state index contributed by atoms with van der Waals surface area (Å²) in [6, 6.07) is 12.4. The van der Waals surface area contributed by atoms with Gasteiger partial charge in [-0.15, -0.1) is 0 Å². The quantitative estimate of drug-likeness (QED) is 0.0781. The molecule has 0 saturated heterocycles. The number of aliphatic hydroxyl groups is 2. The van der Waals surface area contributed by atoms with Gasteiger partial charge in [-0.05, 0) is 81.3 Å². The molecule has 0 aliphatic heterocycles. The van der Waals surface area contributed by atoms with Crippen LogP contribution in [0.1, 0.15) is 84.2 Å². The maximum Gasteiger partial charge on any atom is 0.356 e. The molecular formula is C30H44N2O14P2. The van der Waals surface area contributed by atoms with Crippen LogP contribution in [0.15, 0.2) is 48.5 Å². The highest BCUT2D eigenvalue weighted by Crippen LogP contribution is 2.51. The van der Waals surface area contributed by atoms with E-state index < -0.39 is 37.8 Å². The molecule has 0 spiro atoms. The molecule has 0 fully saturated rings. The second-order valence-corrected chi connectivity index (χ2v) is 15.6. The zero-order valence-electron chi connectivity index (χ0n) is 26.6. The van der Waals surface area contributed by atoms with E-state index in [0.717, 1.165) is 13.8 Å². The largest absolute Gasteiger partial charge is 0.481 e. The van der Waals surface area contributed by atoms with E-state index in [1.54, 1.807) is 36.4 Å². The van der Waals surface area contributed by atoms with Crippen molar-refractivity contribution in [2.24, 2.45) is 0 Å². The van der Waals surface area contributed by atoms with Crippen LogP contribution in [-0.2, 0) is 31.6 Å². The molecule has 10 N–H and O–H groups in total. The van der Waals surface area contributed by atoms with Crippen molar-refractivity contribution in [1.82, 2.24) is 10.6 Å². The first kappa shape index (κ1) is 42.6. The Kier molecular flexibility index (Phi) is 16.8. The van der Waals surface area contributed by atoms with Crippen LogP contribution in [0.25, 0.3) is 0 Å². The third-order valence-corrected chi connectivity index (χ3v) is 10.1. The number of unbranched alkanes of at least 4 members (excludes halogenated alkanes) is 2. The number of amides is 2. The van der Waals surface area contributed by atoms with Crippen molar-refractivity contribution in [3.63, 3.8) is 0 Å². The molecule has 2 amide bonds. The highest BCUT2D eigenvalue weighted by molar-refractivity contribution is 7.53. The average molecular weight is 719 g/mol. The maximum atomic E-state index is 11.9. The third-order valence-electron chi connectivity index (χ3n) is 7.12. The molecule has 2 aromatic carbocycles. The van der Waals surface area contributed by atoms with Crippen LogP contribution < -0.4 is 10.6 Å². The van der Waals surface area contributed by atoms with Gasteiger partial charge < -0.3 is 50.6 Å². The number of hydrogen-bond acceptors (Lipinski definition) is 8. The Morgan fingerprint density at radius 1 is 0.583 bits per heavy atom. The normalized spacial score (nSPS) is 14.0. The molecule has 48 heavy (non-hydrogen) atoms. The van der Waals surface area contributed by atoms with Gasteiger partial charge >= 0.3 is 27.1 Å². The summed E-state index contributed by atoms with van der Waals surface area (Å²) >= 11 is 0. The number of aliphatic carboxylic acids is 2. The predicted octanol–water partition coefficient (Wildman–Crippen LogP) is 2.20. The fourth-order valence-corrected chi connectivity index (χ4v) is 4.88. The van der Waals surface area contributed by atoms with Gasteiger partial charge in [0.05, 0.1) is 12.8 Å². The number of carbonyl (C=O) groups excluding carboxylic acids is 2. The van der Waals surface area contributed by atoms with Crippen molar-refractivity contribution in [3.8, 4) is 0 Å². The summed E-state index contributed by atoms with van der Waals surface area (Å²) in [5, 5.41) is 37.8. The Morgan fingerprint density at radius 3 is 1.25 bits per heavy atom. The van der Waals surface area contributed by atoms with Crippen molar-refractivity contribution >= 4 is 38.9 Å². The van der Waals surface area contributed by atoms with Gasteiger partial charge in [0.15, 0.2) is 10.7 Å². The Morgan fingerprint density at radius 2 is 0.917 bits per heavy atom. The van der Waals surface area contributed by atoms with Crippen molar-refractivity contribution < 1.29 is 68.3 Å². The second-order valence-electron chi connectivity index (χ2n) is 11.5. The molecule has 2 aromatic rings. The molecule has 18 heteroatoms. The van der Waals surface area contributed by atoms with Crippen LogP contribution in [0.5, 0.6) is 0 Å². The minimum absolute atomic E-state index is 0.0176. The van der Waals surface area contributed by atoms with E-state index in [1.165, 1.54) is 12.1 Å². The van der Waals surface area contributed by atoms with Crippen molar-refractivity contribution in [3.05, 3.63) is 70.8 Å². The number of benzene rings is 2. The summed E-state index contributed by atoms with van der Waals surface area (Å²) in [6.07, 6.45) is 1.44. The number of rotatable bonds is 18. The van der Waals surface area contributed by atoms with E-state index in [2.05, 4.69) is 10.6 Å². The monoisotopic (exact) mass is 718 g/mol. The van der Waals surface area contributed by atoms with Crippen LogP contribution in [-0.4, -0.2) is 87.5 Å². The lowest BCUT2D eigenvalue weighted by Crippen LogP contribution is -2.28. The molecular weight excluding hydrogens is 674 g/mol. The molecule has 2 rings (SSSR count). The second kappa shape index (κ2) is 18.9. The molecule has 268 valence electrons. The summed E-state index contributed by atoms with van der Waals surface area (Å²) in [5.41, 5.74) is 1.97. The zero-order chi connectivity index (χ0) is 36.8. The van der Waals surface area contributed by atoms with Crippen LogP contribution in [0.3, 0.4) is 0 Å². The van der Waals surface area contributed by atoms with Gasteiger partial charge in [-0.3, -0.25) is 28.3 Å². The fourth-order valence-electron chi connectivity index (χ4n) is 3.98. The molecule has 0 radical (unpaired) electrons. The van der Waals surface area contributed by atoms with Crippen LogP contribution >= 0.6 is 15.2 Å². The number of hydrogen-bond donors (Lipinski definition) is 10. The van der Waals surface area contributed by atoms with Crippen LogP contribution in [0.2, 0.25) is 0 Å². The highest BCUT2D eigenvalue weighted by atomic mass is 31.2. The van der Waals surface area contributed by atoms with E-state index in [-0.39, 0.29) is 50.5 Å². The van der Waals surface area contributed by atoms with Gasteiger partial charge in [-0.25, -0.2) is 0 Å². The Bertz CT molecular complexity index is 1470. The molecule has 0 saturated carbocycles. The van der Waals surface area contributed by atoms with Crippen LogP contribution in [0.4, 0.5) is 0 Å². The molecule has 0 heterocycles. The number of carbonyl (C=O) groups is 4. The summed E-state index contributed by atoms with van der Waals surface area (Å²) in [6.45, 7) is 2.71. The number of nitrogens with one attached hydrogen (secondary N) is 2. The summed E-state index contributed by atoms with van der Waals surface area (Å²) in [5.74, 6) is -2.55. The SMILES string of the molecule is CC(O)(CCCCCNC(=O)c1ccc(CC(=O)O)cc1)P(=O)(O)O.CC(O)(CCCNC(=O)c1ccc(CC(=O)O)cc1)P(=O)(O)O. The molecule has 0 aliphatic carbocycles. The van der Waals surface area contributed by atoms with Crippen molar-refractivity contribution in [1.29, 1.82) is 0 Å². The Balaban J connectivity index is 0.000000482. The summed E-state index contributed by atoms with van der Waals surface area (Å²) < 4.78 is 22.1. The lowest BCUT2D eigenvalue weighted by atomic mass is 10.1. The molecule has 0 aliphatic rings. The lowest BCUT2D eigenvalue weighted by Gasteiger charge is -2.24. The molecule has 0 aromatic heterocycles. The van der Waals surface area contributed by atoms with Crippen molar-refractivity contribution in [2.75, 3.05) is 13.1 Å². The van der Waals surface area contributed by atoms with Gasteiger partial charge in [-0.1, -0.05) is 30.7 Å². The first-order valence-corrected chi connectivity index (χ1v) is 18.0. The summed E-state index contributed by atoms with van der Waals surface area (Å²) in [4.78, 5) is 80.8. The maximum absolute atomic E-state index is 11.9. The molecule has 0 bridgehead atoms. The summed E-state index contributed by atoms with van der Waals surface area (Å²) in [7, 11) is -9.16. The van der Waals surface area contributed by atoms with E-state index >= 15 is 0 Å². The average Bonchev–Trinajstić information content (AvgIpc) is 2.96.